The van der Waals surface area contributed by atoms with Gasteiger partial charge in [0.05, 0.1) is 10.7 Å². The molecule has 4 heteroatoms. The maximum Gasteiger partial charge on any atom is 0.129 e. The Morgan fingerprint density at radius 3 is 2.44 bits per heavy atom. The molecule has 1 rings (SSSR count). The van der Waals surface area contributed by atoms with Gasteiger partial charge in [-0.15, -0.1) is 0 Å². The topological polar surface area (TPSA) is 28.2 Å². The maximum absolute atomic E-state index is 6.19. The molecule has 0 saturated heterocycles. The smallest absolute Gasteiger partial charge is 0.129 e. The average Bonchev–Trinajstić information content (AvgIpc) is 2.29. The molecular formula is C14H24ClN3. The first-order valence-electron chi connectivity index (χ1n) is 6.61. The summed E-state index contributed by atoms with van der Waals surface area (Å²) < 4.78 is 0. The van der Waals surface area contributed by atoms with Crippen LogP contribution in [0.1, 0.15) is 40.3 Å². The van der Waals surface area contributed by atoms with Gasteiger partial charge in [0.2, 0.25) is 0 Å². The molecule has 0 aromatic carbocycles. The van der Waals surface area contributed by atoms with Gasteiger partial charge in [-0.25, -0.2) is 4.98 Å². The van der Waals surface area contributed by atoms with E-state index in [1.165, 1.54) is 0 Å². The Kier molecular flexibility index (Phi) is 5.89. The molecule has 0 radical (unpaired) electrons. The lowest BCUT2D eigenvalue weighted by Gasteiger charge is -2.27. The van der Waals surface area contributed by atoms with Crippen molar-refractivity contribution in [3.63, 3.8) is 0 Å². The monoisotopic (exact) mass is 269 g/mol. The third-order valence-electron chi connectivity index (χ3n) is 2.84. The van der Waals surface area contributed by atoms with Crippen molar-refractivity contribution in [2.45, 2.75) is 53.2 Å². The molecule has 3 nitrogen and oxygen atoms in total. The maximum atomic E-state index is 6.19. The minimum absolute atomic E-state index is 0.430. The van der Waals surface area contributed by atoms with Crippen LogP contribution in [-0.4, -0.2) is 23.6 Å². The Morgan fingerprint density at radius 2 is 1.94 bits per heavy atom. The van der Waals surface area contributed by atoms with Gasteiger partial charge in [-0.2, -0.15) is 0 Å². The largest absolute Gasteiger partial charge is 0.354 e. The second-order valence-electron chi connectivity index (χ2n) is 5.01. The second kappa shape index (κ2) is 6.95. The lowest BCUT2D eigenvalue weighted by molar-refractivity contribution is 0.580. The first-order valence-corrected chi connectivity index (χ1v) is 6.99. The summed E-state index contributed by atoms with van der Waals surface area (Å²) in [5.41, 5.74) is 0.918. The van der Waals surface area contributed by atoms with E-state index in [0.717, 1.165) is 23.1 Å². The van der Waals surface area contributed by atoms with Crippen molar-refractivity contribution < 1.29 is 0 Å². The van der Waals surface area contributed by atoms with Crippen molar-refractivity contribution in [1.82, 2.24) is 10.3 Å². The summed E-state index contributed by atoms with van der Waals surface area (Å²) in [6.45, 7) is 12.4. The first kappa shape index (κ1) is 15.3. The van der Waals surface area contributed by atoms with Crippen molar-refractivity contribution in [1.29, 1.82) is 0 Å². The van der Waals surface area contributed by atoms with Crippen LogP contribution in [0.5, 0.6) is 0 Å². The molecule has 0 atom stereocenters. The van der Waals surface area contributed by atoms with E-state index >= 15 is 0 Å². The number of hydrogen-bond donors (Lipinski definition) is 1. The standard InChI is InChI=1S/C14H24ClN3/c1-6-18(11(4)5)14-8-7-12(15)13(17-14)9-16-10(2)3/h7-8,10-11,16H,6,9H2,1-5H3. The van der Waals surface area contributed by atoms with Crippen molar-refractivity contribution in [2.75, 3.05) is 11.4 Å². The number of nitrogens with one attached hydrogen (secondary N) is 1. The van der Waals surface area contributed by atoms with Crippen molar-refractivity contribution in [3.05, 3.63) is 22.8 Å². The Hall–Kier alpha value is -0.800. The lowest BCUT2D eigenvalue weighted by Crippen LogP contribution is -2.31. The molecule has 1 aromatic heterocycles. The van der Waals surface area contributed by atoms with E-state index in [1.54, 1.807) is 0 Å². The second-order valence-corrected chi connectivity index (χ2v) is 5.42. The van der Waals surface area contributed by atoms with Crippen molar-refractivity contribution in [2.24, 2.45) is 0 Å². The van der Waals surface area contributed by atoms with E-state index in [9.17, 15) is 0 Å². The molecule has 102 valence electrons. The third kappa shape index (κ3) is 4.14. The number of aromatic nitrogens is 1. The average molecular weight is 270 g/mol. The van der Waals surface area contributed by atoms with E-state index in [-0.39, 0.29) is 0 Å². The SMILES string of the molecule is CCN(c1ccc(Cl)c(CNC(C)C)n1)C(C)C. The van der Waals surface area contributed by atoms with Crippen LogP contribution in [0, 0.1) is 0 Å². The highest BCUT2D eigenvalue weighted by atomic mass is 35.5. The molecule has 0 aliphatic carbocycles. The van der Waals surface area contributed by atoms with E-state index in [0.29, 0.717) is 18.6 Å². The van der Waals surface area contributed by atoms with Gasteiger partial charge in [-0.3, -0.25) is 0 Å². The van der Waals surface area contributed by atoms with Crippen molar-refractivity contribution in [3.8, 4) is 0 Å². The molecule has 1 aromatic rings. The summed E-state index contributed by atoms with van der Waals surface area (Å²) in [4.78, 5) is 6.93. The van der Waals surface area contributed by atoms with Crippen LogP contribution in [0.4, 0.5) is 5.82 Å². The molecule has 0 aliphatic heterocycles. The van der Waals surface area contributed by atoms with Crippen LogP contribution >= 0.6 is 11.6 Å². The Labute approximate surface area is 116 Å². The van der Waals surface area contributed by atoms with E-state index in [4.69, 9.17) is 11.6 Å². The number of halogens is 1. The molecule has 0 fully saturated rings. The molecule has 0 bridgehead atoms. The van der Waals surface area contributed by atoms with Crippen molar-refractivity contribution >= 4 is 17.4 Å². The fourth-order valence-electron chi connectivity index (χ4n) is 1.85. The summed E-state index contributed by atoms with van der Waals surface area (Å²) in [5.74, 6) is 0.998. The number of anilines is 1. The molecule has 0 aliphatic rings. The molecule has 1 N–H and O–H groups in total. The Balaban J connectivity index is 2.92. The lowest BCUT2D eigenvalue weighted by atomic mass is 10.2. The molecule has 18 heavy (non-hydrogen) atoms. The summed E-state index contributed by atoms with van der Waals surface area (Å²) >= 11 is 6.19. The van der Waals surface area contributed by atoms with Crippen LogP contribution in [0.25, 0.3) is 0 Å². The molecule has 0 saturated carbocycles. The Bertz CT molecular complexity index is 377. The fraction of sp³-hybridized carbons (Fsp3) is 0.643. The third-order valence-corrected chi connectivity index (χ3v) is 3.18. The van der Waals surface area contributed by atoms with Crippen LogP contribution in [0.3, 0.4) is 0 Å². The van der Waals surface area contributed by atoms with Gasteiger partial charge in [0, 0.05) is 25.2 Å². The van der Waals surface area contributed by atoms with Gasteiger partial charge in [0.25, 0.3) is 0 Å². The van der Waals surface area contributed by atoms with Gasteiger partial charge >= 0.3 is 0 Å². The number of hydrogen-bond acceptors (Lipinski definition) is 3. The highest BCUT2D eigenvalue weighted by Gasteiger charge is 2.12. The Morgan fingerprint density at radius 1 is 1.28 bits per heavy atom. The zero-order valence-corrected chi connectivity index (χ0v) is 12.8. The van der Waals surface area contributed by atoms with Gasteiger partial charge in [0.1, 0.15) is 5.82 Å². The van der Waals surface area contributed by atoms with E-state index < -0.39 is 0 Å². The van der Waals surface area contributed by atoms with Gasteiger partial charge < -0.3 is 10.2 Å². The van der Waals surface area contributed by atoms with Crippen LogP contribution < -0.4 is 10.2 Å². The fourth-order valence-corrected chi connectivity index (χ4v) is 2.02. The molecule has 0 unspecified atom stereocenters. The summed E-state index contributed by atoms with van der Waals surface area (Å²) in [6.07, 6.45) is 0. The predicted molar refractivity (Wildman–Crippen MR) is 79.4 cm³/mol. The van der Waals surface area contributed by atoms with E-state index in [1.807, 2.05) is 12.1 Å². The van der Waals surface area contributed by atoms with Crippen LogP contribution in [-0.2, 0) is 6.54 Å². The zero-order valence-electron chi connectivity index (χ0n) is 12.0. The number of nitrogens with zero attached hydrogens (tertiary/aromatic N) is 2. The predicted octanol–water partition coefficient (Wildman–Crippen LogP) is 3.47. The molecule has 0 spiro atoms. The first-order chi connectivity index (χ1) is 8.45. The van der Waals surface area contributed by atoms with E-state index in [2.05, 4.69) is 49.8 Å². The van der Waals surface area contributed by atoms with Crippen LogP contribution in [0.2, 0.25) is 5.02 Å². The summed E-state index contributed by atoms with van der Waals surface area (Å²) in [5, 5.41) is 4.08. The van der Waals surface area contributed by atoms with Gasteiger partial charge in [-0.1, -0.05) is 25.4 Å². The van der Waals surface area contributed by atoms with Crippen LogP contribution in [0.15, 0.2) is 12.1 Å². The molecule has 0 amide bonds. The number of pyridine rings is 1. The summed E-state index contributed by atoms with van der Waals surface area (Å²) in [7, 11) is 0. The quantitative estimate of drug-likeness (QED) is 0.857. The summed E-state index contributed by atoms with van der Waals surface area (Å²) in [6, 6.07) is 4.80. The zero-order chi connectivity index (χ0) is 13.7. The molecular weight excluding hydrogens is 246 g/mol. The normalized spacial score (nSPS) is 11.3. The van der Waals surface area contributed by atoms with Gasteiger partial charge in [-0.05, 0) is 32.9 Å². The number of rotatable bonds is 6. The van der Waals surface area contributed by atoms with Gasteiger partial charge in [0.15, 0.2) is 0 Å². The molecule has 1 heterocycles. The highest BCUT2D eigenvalue weighted by molar-refractivity contribution is 6.31. The minimum Gasteiger partial charge on any atom is -0.354 e. The highest BCUT2D eigenvalue weighted by Crippen LogP contribution is 2.20. The minimum atomic E-state index is 0.430.